The van der Waals surface area contributed by atoms with Crippen molar-refractivity contribution in [1.82, 2.24) is 0 Å². The van der Waals surface area contributed by atoms with Crippen LogP contribution in [0.2, 0.25) is 0 Å². The van der Waals surface area contributed by atoms with Crippen LogP contribution in [0.4, 0.5) is 0 Å². The van der Waals surface area contributed by atoms with Crippen LogP contribution in [0.1, 0.15) is 90.9 Å². The number of allylic oxidation sites excluding steroid dienone is 8. The molecule has 3 unspecified atom stereocenters. The molecule has 12 heteroatoms. The lowest BCUT2D eigenvalue weighted by Crippen LogP contribution is -2.34. The van der Waals surface area contributed by atoms with Crippen LogP contribution in [-0.4, -0.2) is 59.9 Å². The molecule has 0 saturated heterocycles. The van der Waals surface area contributed by atoms with Gasteiger partial charge in [-0.2, -0.15) is 0 Å². The lowest BCUT2D eigenvalue weighted by atomic mass is 10.1. The van der Waals surface area contributed by atoms with Crippen LogP contribution in [0.15, 0.2) is 48.6 Å². The molecule has 0 amide bonds. The number of hydrogen-bond donors (Lipinski definition) is 3. The molecule has 0 aromatic rings. The number of carbonyl (C=O) groups excluding carboxylic acids is 2. The number of aliphatic carboxylic acids is 1. The summed E-state index contributed by atoms with van der Waals surface area (Å²) in [6, 6.07) is -1.52. The quantitative estimate of drug-likeness (QED) is 0.0455. The summed E-state index contributed by atoms with van der Waals surface area (Å²) in [7, 11) is -4.67. The molecule has 0 aliphatic carbocycles. The van der Waals surface area contributed by atoms with Crippen LogP contribution in [0.25, 0.3) is 0 Å². The molecule has 0 aliphatic rings. The Hall–Kier alpha value is -2.56. The Kier molecular flexibility index (Phi) is 24.5. The van der Waals surface area contributed by atoms with Gasteiger partial charge in [0.05, 0.1) is 13.2 Å². The van der Waals surface area contributed by atoms with Crippen LogP contribution in [0, 0.1) is 0 Å². The minimum absolute atomic E-state index is 0.138. The van der Waals surface area contributed by atoms with Gasteiger partial charge < -0.3 is 25.2 Å². The van der Waals surface area contributed by atoms with Gasteiger partial charge in [0, 0.05) is 13.3 Å². The summed E-state index contributed by atoms with van der Waals surface area (Å²) in [5.74, 6) is -2.61. The molecular weight excluding hydrogens is 565 g/mol. The van der Waals surface area contributed by atoms with Crippen molar-refractivity contribution in [2.24, 2.45) is 5.73 Å². The van der Waals surface area contributed by atoms with E-state index in [0.717, 1.165) is 71.1 Å². The monoisotopic (exact) mass is 615 g/mol. The smallest absolute Gasteiger partial charge is 0.472 e. The van der Waals surface area contributed by atoms with Crippen LogP contribution in [0.3, 0.4) is 0 Å². The van der Waals surface area contributed by atoms with Gasteiger partial charge in [-0.1, -0.05) is 81.2 Å². The van der Waals surface area contributed by atoms with E-state index in [1.54, 1.807) is 0 Å². The lowest BCUT2D eigenvalue weighted by Gasteiger charge is -2.20. The molecule has 4 N–H and O–H groups in total. The third-order valence-corrected chi connectivity index (χ3v) is 6.60. The first-order valence-corrected chi connectivity index (χ1v) is 16.1. The van der Waals surface area contributed by atoms with Gasteiger partial charge in [-0.25, -0.2) is 4.57 Å². The molecule has 0 heterocycles. The first kappa shape index (κ1) is 39.4. The Morgan fingerprint density at radius 1 is 0.786 bits per heavy atom. The maximum Gasteiger partial charge on any atom is 0.472 e. The third-order valence-electron chi connectivity index (χ3n) is 5.65. The van der Waals surface area contributed by atoms with Gasteiger partial charge in [-0.3, -0.25) is 23.4 Å². The van der Waals surface area contributed by atoms with E-state index in [1.165, 1.54) is 0 Å². The molecule has 3 atom stereocenters. The van der Waals surface area contributed by atoms with Crippen LogP contribution < -0.4 is 5.73 Å². The van der Waals surface area contributed by atoms with E-state index in [4.69, 9.17) is 24.8 Å². The van der Waals surface area contributed by atoms with Gasteiger partial charge in [0.1, 0.15) is 12.6 Å². The van der Waals surface area contributed by atoms with E-state index in [9.17, 15) is 23.8 Å². The molecule has 42 heavy (non-hydrogen) atoms. The van der Waals surface area contributed by atoms with Gasteiger partial charge in [0.15, 0.2) is 6.10 Å². The molecular formula is C30H50NO10P. The number of carbonyl (C=O) groups is 3. The Bertz CT molecular complexity index is 916. The average molecular weight is 616 g/mol. The van der Waals surface area contributed by atoms with Gasteiger partial charge in [-0.15, -0.1) is 0 Å². The van der Waals surface area contributed by atoms with E-state index >= 15 is 0 Å². The normalized spacial score (nSPS) is 15.0. The fourth-order valence-corrected chi connectivity index (χ4v) is 4.15. The number of unbranched alkanes of at least 4 members (excludes halogenated alkanes) is 6. The molecule has 0 aromatic heterocycles. The molecule has 0 bridgehead atoms. The first-order chi connectivity index (χ1) is 20.1. The summed E-state index contributed by atoms with van der Waals surface area (Å²) >= 11 is 0. The summed E-state index contributed by atoms with van der Waals surface area (Å²) in [5.41, 5.74) is 5.22. The summed E-state index contributed by atoms with van der Waals surface area (Å²) in [6.45, 7) is 1.55. The molecule has 0 aromatic carbocycles. The van der Waals surface area contributed by atoms with Gasteiger partial charge in [-0.05, 0) is 44.9 Å². The van der Waals surface area contributed by atoms with Crippen LogP contribution in [0.5, 0.6) is 0 Å². The average Bonchev–Trinajstić information content (AvgIpc) is 2.94. The minimum Gasteiger partial charge on any atom is -0.480 e. The molecule has 0 saturated carbocycles. The second-order valence-electron chi connectivity index (χ2n) is 9.58. The van der Waals surface area contributed by atoms with Crippen molar-refractivity contribution >= 4 is 25.7 Å². The maximum absolute atomic E-state index is 12.2. The zero-order valence-corrected chi connectivity index (χ0v) is 26.0. The Balaban J connectivity index is 4.05. The van der Waals surface area contributed by atoms with E-state index in [0.29, 0.717) is 6.42 Å². The minimum atomic E-state index is -4.67. The SMILES string of the molecule is CC/C=C\C/C=C\C/C=C\C/C=C\CCCCCCCCC(=O)OC(COC(C)=O)COP(=O)(O)OCC(N)C(=O)O. The second-order valence-corrected chi connectivity index (χ2v) is 11.0. The number of hydrogen-bond acceptors (Lipinski definition) is 9. The summed E-state index contributed by atoms with van der Waals surface area (Å²) in [5, 5.41) is 8.71. The standard InChI is InChI=1S/C30H50NO10P/c1-3-4-5-6-7-8-9-10-11-12-13-14-15-16-17-18-19-20-21-22-29(33)41-27(23-38-26(2)32)24-39-42(36,37)40-25-28(31)30(34)35/h4-5,7-8,10-11,13-14,27-28H,3,6,9,12,15-25,31H2,1-2H3,(H,34,35)(H,36,37)/b5-4-,8-7-,11-10-,14-13-. The van der Waals surface area contributed by atoms with Gasteiger partial charge in [0.2, 0.25) is 0 Å². The van der Waals surface area contributed by atoms with Crippen molar-refractivity contribution in [3.8, 4) is 0 Å². The number of phosphoric acid groups is 1. The predicted molar refractivity (Wildman–Crippen MR) is 161 cm³/mol. The highest BCUT2D eigenvalue weighted by atomic mass is 31.2. The van der Waals surface area contributed by atoms with Crippen molar-refractivity contribution in [2.75, 3.05) is 19.8 Å². The Labute approximate surface area is 250 Å². The number of phosphoric ester groups is 1. The molecule has 0 fully saturated rings. The van der Waals surface area contributed by atoms with Gasteiger partial charge >= 0.3 is 25.7 Å². The van der Waals surface area contributed by atoms with E-state index in [1.807, 2.05) is 0 Å². The van der Waals surface area contributed by atoms with Crippen molar-refractivity contribution in [2.45, 2.75) is 103 Å². The topological polar surface area (TPSA) is 172 Å². The summed E-state index contributed by atoms with van der Waals surface area (Å²) in [4.78, 5) is 43.7. The zero-order valence-electron chi connectivity index (χ0n) is 25.1. The summed E-state index contributed by atoms with van der Waals surface area (Å²) in [6.07, 6.45) is 27.3. The number of carboxylic acids is 1. The van der Waals surface area contributed by atoms with Crippen LogP contribution >= 0.6 is 7.82 Å². The largest absolute Gasteiger partial charge is 0.480 e. The predicted octanol–water partition coefficient (Wildman–Crippen LogP) is 5.93. The van der Waals surface area contributed by atoms with E-state index < -0.39 is 51.1 Å². The highest BCUT2D eigenvalue weighted by Gasteiger charge is 2.27. The van der Waals surface area contributed by atoms with Gasteiger partial charge in [0.25, 0.3) is 0 Å². The molecule has 0 aliphatic heterocycles. The highest BCUT2D eigenvalue weighted by Crippen LogP contribution is 2.43. The van der Waals surface area contributed by atoms with E-state index in [2.05, 4.69) is 60.1 Å². The molecule has 0 radical (unpaired) electrons. The van der Waals surface area contributed by atoms with E-state index in [-0.39, 0.29) is 13.0 Å². The number of carboxylic acid groups (broad SMARTS) is 1. The van der Waals surface area contributed by atoms with Crippen molar-refractivity contribution in [3.05, 3.63) is 48.6 Å². The van der Waals surface area contributed by atoms with Crippen molar-refractivity contribution < 1.29 is 47.5 Å². The van der Waals surface area contributed by atoms with Crippen molar-refractivity contribution in [1.29, 1.82) is 0 Å². The first-order valence-electron chi connectivity index (χ1n) is 14.6. The lowest BCUT2D eigenvalue weighted by molar-refractivity contribution is -0.160. The number of nitrogens with two attached hydrogens (primary N) is 1. The van der Waals surface area contributed by atoms with Crippen molar-refractivity contribution in [3.63, 3.8) is 0 Å². The molecule has 240 valence electrons. The number of ether oxygens (including phenoxy) is 2. The fourth-order valence-electron chi connectivity index (χ4n) is 3.37. The zero-order chi connectivity index (χ0) is 31.5. The summed E-state index contributed by atoms with van der Waals surface area (Å²) < 4.78 is 31.3. The maximum atomic E-state index is 12.2. The van der Waals surface area contributed by atoms with Crippen LogP contribution in [-0.2, 0) is 37.5 Å². The fraction of sp³-hybridized carbons (Fsp3) is 0.633. The third kappa shape index (κ3) is 26.3. The Morgan fingerprint density at radius 2 is 1.31 bits per heavy atom. The number of rotatable bonds is 26. The molecule has 11 nitrogen and oxygen atoms in total. The number of esters is 2. The molecule has 0 spiro atoms. The Morgan fingerprint density at radius 3 is 1.88 bits per heavy atom. The highest BCUT2D eigenvalue weighted by molar-refractivity contribution is 7.47. The molecule has 0 rings (SSSR count). The second kappa shape index (κ2) is 26.1.